The normalized spacial score (nSPS) is 12.4. The molecule has 0 saturated heterocycles. The summed E-state index contributed by atoms with van der Waals surface area (Å²) in [5.41, 5.74) is 4.75. The first-order valence-electron chi connectivity index (χ1n) is 27.6. The molecule has 0 aliphatic heterocycles. The topological polar surface area (TPSA) is 73.8 Å². The zero-order chi connectivity index (χ0) is 58.6. The van der Waals surface area contributed by atoms with Gasteiger partial charge in [0.25, 0.3) is 0 Å². The van der Waals surface area contributed by atoms with Crippen molar-refractivity contribution in [2.24, 2.45) is 0 Å². The van der Waals surface area contributed by atoms with E-state index in [1.807, 2.05) is 353 Å². The number of hydrogen-bond donors (Lipinski definition) is 0. The van der Waals surface area contributed by atoms with E-state index in [9.17, 15) is 0 Å². The maximum Gasteiger partial charge on any atom is 0.123 e. The van der Waals surface area contributed by atoms with Gasteiger partial charge in [-0.05, 0) is 155 Å². The van der Waals surface area contributed by atoms with Gasteiger partial charge in [0.2, 0.25) is 0 Å². The molecule has 0 fully saturated rings. The van der Waals surface area contributed by atoms with E-state index >= 15 is 0 Å². The Bertz CT molecular complexity index is 2330. The molecule has 0 N–H and O–H groups in total. The van der Waals surface area contributed by atoms with Crippen molar-refractivity contribution in [3.8, 4) is 0 Å². The Balaban J connectivity index is 0.000000196. The van der Waals surface area contributed by atoms with Gasteiger partial charge in [-0.1, -0.05) is 243 Å². The van der Waals surface area contributed by atoms with Gasteiger partial charge in [0, 0.05) is 0 Å². The highest BCUT2D eigenvalue weighted by Crippen LogP contribution is 2.35. The van der Waals surface area contributed by atoms with Crippen LogP contribution in [0, 0.1) is 0 Å². The van der Waals surface area contributed by atoms with Crippen LogP contribution in [0.4, 0.5) is 0 Å². The lowest BCUT2D eigenvalue weighted by atomic mass is 9.98. The molecule has 8 rings (SSSR count). The fourth-order valence-electron chi connectivity index (χ4n) is 7.93. The molecule has 8 aromatic rings. The van der Waals surface area contributed by atoms with Crippen LogP contribution in [0.2, 0.25) is 0 Å². The first-order valence-corrected chi connectivity index (χ1v) is 27.6. The van der Waals surface area contributed by atoms with Crippen LogP contribution in [0.15, 0.2) is 243 Å². The van der Waals surface area contributed by atoms with Gasteiger partial charge >= 0.3 is 0 Å². The van der Waals surface area contributed by atoms with Crippen molar-refractivity contribution < 1.29 is 39.1 Å². The number of rotatable bonds is 20. The van der Waals surface area contributed by atoms with Gasteiger partial charge in [-0.15, -0.1) is 0 Å². The Hall–Kier alpha value is -6.56. The lowest BCUT2D eigenvalue weighted by Gasteiger charge is -2.31. The Labute approximate surface area is 479 Å². The molecular formula is C72H88O8. The molecule has 0 unspecified atom stereocenters. The van der Waals surface area contributed by atoms with Crippen LogP contribution in [0.5, 0.6) is 0 Å². The summed E-state index contributed by atoms with van der Waals surface area (Å²) in [4.78, 5) is 45.9. The highest BCUT2D eigenvalue weighted by Gasteiger charge is 2.33. The van der Waals surface area contributed by atoms with Gasteiger partial charge in [0.05, 0.1) is 0 Å². The first kappa shape index (κ1) is 64.3. The molecule has 8 heteroatoms. The predicted octanol–water partition coefficient (Wildman–Crippen LogP) is 19.2. The standard InChI is InChI=1S/4C18H22O2/c4*1-17(2,15-11-7-5-8-12-15)19-20-18(3,4)16-13-9-6-10-14-16/h4*5-14H,1-4H3. The predicted molar refractivity (Wildman–Crippen MR) is 324 cm³/mol. The molecule has 0 atom stereocenters. The minimum absolute atomic E-state index is 0.493. The first-order chi connectivity index (χ1) is 37.7. The average Bonchev–Trinajstić information content (AvgIpc) is 3.48. The quantitative estimate of drug-likeness (QED) is 0.0552. The lowest BCUT2D eigenvalue weighted by Crippen LogP contribution is -2.29. The molecule has 0 radical (unpaired) electrons. The number of hydrogen-bond acceptors (Lipinski definition) is 8. The minimum Gasteiger partial charge on any atom is -0.225 e. The van der Waals surface area contributed by atoms with E-state index in [1.165, 1.54) is 0 Å². The van der Waals surface area contributed by atoms with Crippen molar-refractivity contribution >= 4 is 0 Å². The van der Waals surface area contributed by atoms with Crippen LogP contribution in [0.25, 0.3) is 0 Å². The van der Waals surface area contributed by atoms with Crippen molar-refractivity contribution in [3.05, 3.63) is 287 Å². The highest BCUT2D eigenvalue weighted by atomic mass is 17.2. The second-order valence-electron chi connectivity index (χ2n) is 23.7. The summed E-state index contributed by atoms with van der Waals surface area (Å²) < 4.78 is 0. The van der Waals surface area contributed by atoms with E-state index in [-0.39, 0.29) is 0 Å². The second kappa shape index (κ2) is 28.7. The minimum atomic E-state index is -0.493. The maximum absolute atomic E-state index is 5.73. The third-order valence-electron chi connectivity index (χ3n) is 13.6. The molecular weight excluding hydrogens is 993 g/mol. The smallest absolute Gasteiger partial charge is 0.123 e. The van der Waals surface area contributed by atoms with Crippen LogP contribution >= 0.6 is 0 Å². The molecule has 424 valence electrons. The summed E-state index contributed by atoms with van der Waals surface area (Å²) in [7, 11) is 0. The SMILES string of the molecule is CC(C)(OOC(C)(C)c1ccccc1)c1ccccc1.CC(C)(OOC(C)(C)c1ccccc1)c1ccccc1.CC(C)(OOC(C)(C)c1ccccc1)c1ccccc1.CC(C)(OOC(C)(C)c1ccccc1)c1ccccc1. The van der Waals surface area contributed by atoms with Crippen LogP contribution in [0.1, 0.15) is 155 Å². The summed E-state index contributed by atoms with van der Waals surface area (Å²) in [5, 5.41) is 0. The van der Waals surface area contributed by atoms with E-state index < -0.39 is 44.8 Å². The average molecular weight is 1080 g/mol. The summed E-state index contributed by atoms with van der Waals surface area (Å²) in [6, 6.07) is 80.6. The van der Waals surface area contributed by atoms with E-state index in [0.717, 1.165) is 44.5 Å². The Morgan fingerprint density at radius 3 is 0.287 bits per heavy atom. The van der Waals surface area contributed by atoms with E-state index in [2.05, 4.69) is 0 Å². The van der Waals surface area contributed by atoms with Crippen LogP contribution < -0.4 is 0 Å². The van der Waals surface area contributed by atoms with Crippen LogP contribution in [-0.4, -0.2) is 0 Å². The zero-order valence-corrected chi connectivity index (χ0v) is 50.4. The van der Waals surface area contributed by atoms with Crippen LogP contribution in [-0.2, 0) is 83.9 Å². The summed E-state index contributed by atoms with van der Waals surface area (Å²) >= 11 is 0. The molecule has 0 aromatic heterocycles. The van der Waals surface area contributed by atoms with E-state index in [4.69, 9.17) is 39.1 Å². The zero-order valence-electron chi connectivity index (χ0n) is 50.4. The van der Waals surface area contributed by atoms with E-state index in [0.29, 0.717) is 0 Å². The fraction of sp³-hybridized carbons (Fsp3) is 0.333. The molecule has 0 spiro atoms. The van der Waals surface area contributed by atoms with Gasteiger partial charge in [0.1, 0.15) is 44.8 Å². The largest absolute Gasteiger partial charge is 0.225 e. The van der Waals surface area contributed by atoms with Gasteiger partial charge in [-0.2, -0.15) is 0 Å². The van der Waals surface area contributed by atoms with Gasteiger partial charge in [-0.3, -0.25) is 0 Å². The summed E-state index contributed by atoms with van der Waals surface area (Å²) in [6.07, 6.45) is 0. The second-order valence-corrected chi connectivity index (χ2v) is 23.7. The molecule has 0 amide bonds. The van der Waals surface area contributed by atoms with E-state index in [1.54, 1.807) is 0 Å². The van der Waals surface area contributed by atoms with Crippen molar-refractivity contribution in [1.82, 2.24) is 0 Å². The van der Waals surface area contributed by atoms with Gasteiger partial charge in [0.15, 0.2) is 0 Å². The Morgan fingerprint density at radius 1 is 0.138 bits per heavy atom. The summed E-state index contributed by atoms with van der Waals surface area (Å²) in [6.45, 7) is 32.1. The summed E-state index contributed by atoms with van der Waals surface area (Å²) in [5.74, 6) is 0. The lowest BCUT2D eigenvalue weighted by molar-refractivity contribution is -0.410. The number of benzene rings is 8. The molecule has 0 heterocycles. The molecule has 0 saturated carbocycles. The van der Waals surface area contributed by atoms with Gasteiger partial charge in [-0.25, -0.2) is 39.1 Å². The van der Waals surface area contributed by atoms with Crippen molar-refractivity contribution in [1.29, 1.82) is 0 Å². The third-order valence-corrected chi connectivity index (χ3v) is 13.6. The monoisotopic (exact) mass is 1080 g/mol. The molecule has 8 aromatic carbocycles. The molecule has 8 nitrogen and oxygen atoms in total. The molecule has 0 aliphatic rings. The van der Waals surface area contributed by atoms with Crippen molar-refractivity contribution in [3.63, 3.8) is 0 Å². The Morgan fingerprint density at radius 2 is 0.212 bits per heavy atom. The molecule has 80 heavy (non-hydrogen) atoms. The van der Waals surface area contributed by atoms with Gasteiger partial charge < -0.3 is 0 Å². The molecule has 0 bridgehead atoms. The third kappa shape index (κ3) is 19.9. The van der Waals surface area contributed by atoms with Crippen molar-refractivity contribution in [2.75, 3.05) is 0 Å². The van der Waals surface area contributed by atoms with Crippen LogP contribution in [0.3, 0.4) is 0 Å². The highest BCUT2D eigenvalue weighted by molar-refractivity contribution is 5.27. The Kier molecular flexibility index (Phi) is 23.1. The van der Waals surface area contributed by atoms with Crippen molar-refractivity contribution in [2.45, 2.75) is 156 Å². The fourth-order valence-corrected chi connectivity index (χ4v) is 7.93. The maximum atomic E-state index is 5.73. The molecule has 0 aliphatic carbocycles.